The second kappa shape index (κ2) is 44.3. The molecule has 1 aliphatic heterocycles. The lowest BCUT2D eigenvalue weighted by atomic mass is 10.00. The van der Waals surface area contributed by atoms with Crippen LogP contribution in [0.2, 0.25) is 0 Å². The molecule has 68 heavy (non-hydrogen) atoms. The number of aliphatic hydroxyl groups excluding tert-OH is 3. The van der Waals surface area contributed by atoms with Gasteiger partial charge in [-0.05, 0) is 77.0 Å². The van der Waals surface area contributed by atoms with Gasteiger partial charge in [0.1, 0.15) is 36.8 Å². The number of carbonyl (C=O) groups is 2. The fourth-order valence-corrected chi connectivity index (χ4v) is 8.65. The van der Waals surface area contributed by atoms with Gasteiger partial charge in [-0.25, -0.2) is 0 Å². The van der Waals surface area contributed by atoms with Gasteiger partial charge in [-0.3, -0.25) is 14.1 Å². The highest BCUT2D eigenvalue weighted by Gasteiger charge is 2.46. The van der Waals surface area contributed by atoms with Crippen LogP contribution < -0.4 is 0 Å². The van der Waals surface area contributed by atoms with Crippen molar-refractivity contribution in [1.29, 1.82) is 0 Å². The Morgan fingerprint density at radius 1 is 0.515 bits per heavy atom. The standard InChI is InChI=1S/C55H96O12S/c1-3-5-7-9-11-13-15-17-19-21-22-23-24-25-26-28-30-32-34-36-38-40-42-44-51(57)66-48(46-65-55-54(60)53(59)52(58)49(67-55)47-68(61,62)63)45-64-50(56)43-41-39-37-35-33-31-29-27-20-18-16-14-12-10-8-6-4-2/h5,7,11,13,17-20,22-23,48-49,52-55,58-60H,3-4,6,8-10,12,14-16,21,24-47H2,1-2H3,(H,61,62,63)/b7-5-,13-11-,19-17-,20-18-,23-22-. The van der Waals surface area contributed by atoms with Crippen LogP contribution in [0.3, 0.4) is 0 Å². The molecule has 1 aliphatic rings. The highest BCUT2D eigenvalue weighted by Crippen LogP contribution is 2.24. The van der Waals surface area contributed by atoms with Gasteiger partial charge in [0, 0.05) is 12.8 Å². The number of hydrogen-bond acceptors (Lipinski definition) is 11. The van der Waals surface area contributed by atoms with E-state index in [1.165, 1.54) is 96.3 Å². The zero-order valence-electron chi connectivity index (χ0n) is 42.4. The molecule has 6 atom stereocenters. The first-order chi connectivity index (χ1) is 33.0. The van der Waals surface area contributed by atoms with Crippen molar-refractivity contribution >= 4 is 22.1 Å². The van der Waals surface area contributed by atoms with Crippen molar-refractivity contribution in [3.05, 3.63) is 60.8 Å². The van der Waals surface area contributed by atoms with Crippen LogP contribution in [0.25, 0.3) is 0 Å². The van der Waals surface area contributed by atoms with E-state index >= 15 is 0 Å². The van der Waals surface area contributed by atoms with Crippen LogP contribution in [0, 0.1) is 0 Å². The summed E-state index contributed by atoms with van der Waals surface area (Å²) in [6.07, 6.45) is 46.8. The fraction of sp³-hybridized carbons (Fsp3) is 0.782. The second-order valence-electron chi connectivity index (χ2n) is 18.5. The van der Waals surface area contributed by atoms with E-state index in [0.717, 1.165) is 83.5 Å². The molecule has 1 heterocycles. The average molecular weight is 981 g/mol. The summed E-state index contributed by atoms with van der Waals surface area (Å²) in [7, 11) is -4.61. The summed E-state index contributed by atoms with van der Waals surface area (Å²) in [5, 5.41) is 31.0. The minimum absolute atomic E-state index is 0.156. The molecule has 4 N–H and O–H groups in total. The van der Waals surface area contributed by atoms with Crippen LogP contribution in [-0.4, -0.2) is 96.0 Å². The van der Waals surface area contributed by atoms with Crippen molar-refractivity contribution in [2.75, 3.05) is 19.0 Å². The van der Waals surface area contributed by atoms with Crippen LogP contribution in [0.1, 0.15) is 219 Å². The molecule has 0 bridgehead atoms. The summed E-state index contributed by atoms with van der Waals surface area (Å²) in [5.74, 6) is -1.99. The summed E-state index contributed by atoms with van der Waals surface area (Å²) in [5.41, 5.74) is 0. The van der Waals surface area contributed by atoms with E-state index in [-0.39, 0.29) is 19.4 Å². The van der Waals surface area contributed by atoms with Gasteiger partial charge in [-0.1, -0.05) is 190 Å². The van der Waals surface area contributed by atoms with Crippen molar-refractivity contribution in [3.8, 4) is 0 Å². The number of allylic oxidation sites excluding steroid dienone is 10. The third-order valence-corrected chi connectivity index (χ3v) is 12.8. The Kier molecular flexibility index (Phi) is 41.3. The predicted molar refractivity (Wildman–Crippen MR) is 275 cm³/mol. The summed E-state index contributed by atoms with van der Waals surface area (Å²) in [6.45, 7) is 3.66. The molecule has 0 aromatic heterocycles. The Labute approximate surface area is 413 Å². The SMILES string of the molecule is CC/C=C\C/C=C\C/C=C\C/C=C\CCCCCCCCCCCCC(=O)OC(COC(=O)CCCCCCCCC/C=C\CCCCCCCC)COC1OC(CS(=O)(=O)O)C(O)C(O)C1O. The molecule has 1 saturated heterocycles. The van der Waals surface area contributed by atoms with Gasteiger partial charge in [0.25, 0.3) is 10.1 Å². The normalized spacial score (nSPS) is 19.6. The minimum atomic E-state index is -4.61. The van der Waals surface area contributed by atoms with Crippen LogP contribution in [0.5, 0.6) is 0 Å². The zero-order valence-corrected chi connectivity index (χ0v) is 43.3. The van der Waals surface area contributed by atoms with Crippen LogP contribution in [0.4, 0.5) is 0 Å². The monoisotopic (exact) mass is 981 g/mol. The van der Waals surface area contributed by atoms with E-state index in [1.807, 2.05) is 0 Å². The van der Waals surface area contributed by atoms with Crippen LogP contribution in [-0.2, 0) is 38.7 Å². The molecular formula is C55H96O12S. The number of esters is 2. The van der Waals surface area contributed by atoms with Crippen molar-refractivity contribution in [2.24, 2.45) is 0 Å². The average Bonchev–Trinajstić information content (AvgIpc) is 3.31. The molecule has 0 aliphatic carbocycles. The van der Waals surface area contributed by atoms with Crippen LogP contribution >= 0.6 is 0 Å². The summed E-state index contributed by atoms with van der Waals surface area (Å²) >= 11 is 0. The van der Waals surface area contributed by atoms with E-state index in [2.05, 4.69) is 74.6 Å². The summed E-state index contributed by atoms with van der Waals surface area (Å²) < 4.78 is 54.3. The van der Waals surface area contributed by atoms with Crippen molar-refractivity contribution < 1.29 is 56.8 Å². The number of aliphatic hydroxyl groups is 3. The Balaban J connectivity index is 2.35. The van der Waals surface area contributed by atoms with Gasteiger partial charge < -0.3 is 34.3 Å². The van der Waals surface area contributed by atoms with Gasteiger partial charge in [0.05, 0.1) is 6.61 Å². The highest BCUT2D eigenvalue weighted by molar-refractivity contribution is 7.85. The third kappa shape index (κ3) is 38.1. The molecule has 0 spiro atoms. The zero-order chi connectivity index (χ0) is 49.8. The first kappa shape index (κ1) is 63.4. The number of rotatable bonds is 45. The second-order valence-corrected chi connectivity index (χ2v) is 20.0. The van der Waals surface area contributed by atoms with Gasteiger partial charge in [-0.2, -0.15) is 8.42 Å². The molecule has 0 aromatic rings. The number of hydrogen-bond donors (Lipinski definition) is 4. The Morgan fingerprint density at radius 3 is 1.40 bits per heavy atom. The lowest BCUT2D eigenvalue weighted by molar-refractivity contribution is -0.297. The predicted octanol–water partition coefficient (Wildman–Crippen LogP) is 12.5. The number of ether oxygens (including phenoxy) is 4. The molecule has 0 amide bonds. The smallest absolute Gasteiger partial charge is 0.306 e. The Morgan fingerprint density at radius 2 is 0.926 bits per heavy atom. The van der Waals surface area contributed by atoms with Crippen LogP contribution in [0.15, 0.2) is 60.8 Å². The molecule has 12 nitrogen and oxygen atoms in total. The van der Waals surface area contributed by atoms with Crippen molar-refractivity contribution in [1.82, 2.24) is 0 Å². The number of unbranched alkanes of at least 4 members (excludes halogenated alkanes) is 23. The quantitative estimate of drug-likeness (QED) is 0.0196. The first-order valence-electron chi connectivity index (χ1n) is 26.8. The lowest BCUT2D eigenvalue weighted by Gasteiger charge is -2.40. The molecular weight excluding hydrogens is 885 g/mol. The molecule has 0 saturated carbocycles. The van der Waals surface area contributed by atoms with Gasteiger partial charge >= 0.3 is 11.9 Å². The molecule has 6 unspecified atom stereocenters. The maximum absolute atomic E-state index is 12.9. The largest absolute Gasteiger partial charge is 0.462 e. The molecule has 0 aromatic carbocycles. The van der Waals surface area contributed by atoms with E-state index in [0.29, 0.717) is 12.8 Å². The minimum Gasteiger partial charge on any atom is -0.462 e. The highest BCUT2D eigenvalue weighted by atomic mass is 32.2. The maximum Gasteiger partial charge on any atom is 0.306 e. The topological polar surface area (TPSA) is 186 Å². The third-order valence-electron chi connectivity index (χ3n) is 12.1. The molecule has 13 heteroatoms. The molecule has 1 rings (SSSR count). The lowest BCUT2D eigenvalue weighted by Crippen LogP contribution is -2.60. The van der Waals surface area contributed by atoms with Gasteiger partial charge in [0.2, 0.25) is 0 Å². The van der Waals surface area contributed by atoms with E-state index in [4.69, 9.17) is 18.9 Å². The summed E-state index contributed by atoms with van der Waals surface area (Å²) in [6, 6.07) is 0. The van der Waals surface area contributed by atoms with E-state index < -0.39 is 71.2 Å². The fourth-order valence-electron chi connectivity index (χ4n) is 7.96. The van der Waals surface area contributed by atoms with Crippen molar-refractivity contribution in [3.63, 3.8) is 0 Å². The molecule has 0 radical (unpaired) electrons. The Hall–Kier alpha value is -2.65. The van der Waals surface area contributed by atoms with Gasteiger partial charge in [-0.15, -0.1) is 0 Å². The first-order valence-corrected chi connectivity index (χ1v) is 28.5. The Bertz CT molecular complexity index is 1470. The van der Waals surface area contributed by atoms with Crippen molar-refractivity contribution in [2.45, 2.75) is 256 Å². The summed E-state index contributed by atoms with van der Waals surface area (Å²) in [4.78, 5) is 25.6. The number of carbonyl (C=O) groups excluding carboxylic acids is 2. The van der Waals surface area contributed by atoms with E-state index in [9.17, 15) is 37.9 Å². The van der Waals surface area contributed by atoms with E-state index in [1.54, 1.807) is 0 Å². The molecule has 394 valence electrons. The maximum atomic E-state index is 12.9. The molecule has 1 fully saturated rings. The van der Waals surface area contributed by atoms with Gasteiger partial charge in [0.15, 0.2) is 12.4 Å².